The van der Waals surface area contributed by atoms with Crippen LogP contribution in [0.5, 0.6) is 0 Å². The minimum Gasteiger partial charge on any atom is -0.383 e. The summed E-state index contributed by atoms with van der Waals surface area (Å²) in [6.45, 7) is 2.30. The molecule has 2 heterocycles. The lowest BCUT2D eigenvalue weighted by molar-refractivity contribution is -0.133. The topological polar surface area (TPSA) is 75.9 Å². The Bertz CT molecular complexity index is 597. The summed E-state index contributed by atoms with van der Waals surface area (Å²) in [5.41, 5.74) is 6.37. The number of ether oxygens (including phenoxy) is 1. The van der Waals surface area contributed by atoms with Crippen LogP contribution in [-0.4, -0.2) is 60.6 Å². The maximum Gasteiger partial charge on any atom is 0.314 e. The molecule has 6 heteroatoms. The molecule has 2 fully saturated rings. The van der Waals surface area contributed by atoms with E-state index in [1.807, 2.05) is 23.1 Å². The van der Waals surface area contributed by atoms with Crippen molar-refractivity contribution < 1.29 is 14.3 Å². The molecule has 130 valence electrons. The van der Waals surface area contributed by atoms with Crippen molar-refractivity contribution >= 4 is 11.9 Å². The average Bonchev–Trinajstić information content (AvgIpc) is 2.86. The van der Waals surface area contributed by atoms with E-state index in [0.29, 0.717) is 32.7 Å². The molecule has 0 bridgehead atoms. The van der Waals surface area contributed by atoms with Crippen LogP contribution >= 0.6 is 0 Å². The predicted molar refractivity (Wildman–Crippen MR) is 90.5 cm³/mol. The van der Waals surface area contributed by atoms with Crippen LogP contribution in [0.15, 0.2) is 30.3 Å². The number of urea groups is 1. The summed E-state index contributed by atoms with van der Waals surface area (Å²) in [6, 6.07) is 9.84. The molecular weight excluding hydrogens is 306 g/mol. The van der Waals surface area contributed by atoms with Crippen molar-refractivity contribution in [3.63, 3.8) is 0 Å². The summed E-state index contributed by atoms with van der Waals surface area (Å²) in [7, 11) is 1.65. The first-order chi connectivity index (χ1) is 11.6. The number of benzene rings is 1. The normalized spacial score (nSPS) is 23.0. The molecule has 1 spiro atoms. The molecule has 3 rings (SSSR count). The monoisotopic (exact) mass is 331 g/mol. The van der Waals surface area contributed by atoms with Crippen LogP contribution < -0.4 is 5.73 Å². The SMILES string of the molecule is COCCN1C(=O)C[C@@H](c2ccccc2)C12CCN(C(N)=O)CC2. The molecule has 1 atom stereocenters. The van der Waals surface area contributed by atoms with Crippen LogP contribution in [0.4, 0.5) is 4.79 Å². The third kappa shape index (κ3) is 2.86. The molecule has 0 unspecified atom stereocenters. The number of methoxy groups -OCH3 is 1. The summed E-state index contributed by atoms with van der Waals surface area (Å²) in [5.74, 6) is 0.325. The second-order valence-electron chi connectivity index (χ2n) is 6.63. The van der Waals surface area contributed by atoms with E-state index < -0.39 is 0 Å². The van der Waals surface area contributed by atoms with Crippen molar-refractivity contribution in [3.8, 4) is 0 Å². The van der Waals surface area contributed by atoms with Gasteiger partial charge in [-0.3, -0.25) is 4.79 Å². The maximum atomic E-state index is 12.7. The molecule has 1 aromatic rings. The molecule has 24 heavy (non-hydrogen) atoms. The molecule has 3 amide bonds. The summed E-state index contributed by atoms with van der Waals surface area (Å²) in [4.78, 5) is 27.9. The van der Waals surface area contributed by atoms with E-state index in [2.05, 4.69) is 12.1 Å². The van der Waals surface area contributed by atoms with Gasteiger partial charge in [0.15, 0.2) is 0 Å². The molecule has 0 aromatic heterocycles. The van der Waals surface area contributed by atoms with Crippen LogP contribution in [0, 0.1) is 0 Å². The number of piperidine rings is 1. The van der Waals surface area contributed by atoms with Crippen molar-refractivity contribution in [2.24, 2.45) is 5.73 Å². The lowest BCUT2D eigenvalue weighted by atomic mass is 9.73. The molecule has 6 nitrogen and oxygen atoms in total. The van der Waals surface area contributed by atoms with E-state index >= 15 is 0 Å². The Hall–Kier alpha value is -2.08. The third-order valence-electron chi connectivity index (χ3n) is 5.53. The molecule has 2 N–H and O–H groups in total. The highest BCUT2D eigenvalue weighted by atomic mass is 16.5. The smallest absolute Gasteiger partial charge is 0.314 e. The fourth-order valence-corrected chi connectivity index (χ4v) is 4.29. The fourth-order valence-electron chi connectivity index (χ4n) is 4.29. The highest BCUT2D eigenvalue weighted by Gasteiger charge is 2.54. The van der Waals surface area contributed by atoms with Gasteiger partial charge < -0.3 is 20.3 Å². The minimum atomic E-state index is -0.381. The van der Waals surface area contributed by atoms with Crippen LogP contribution in [-0.2, 0) is 9.53 Å². The van der Waals surface area contributed by atoms with Gasteiger partial charge in [-0.2, -0.15) is 0 Å². The first kappa shape index (κ1) is 16.8. The Kier molecular flexibility index (Phi) is 4.76. The van der Waals surface area contributed by atoms with Crippen molar-refractivity contribution in [2.45, 2.75) is 30.7 Å². The number of carbonyl (C=O) groups excluding carboxylic acids is 2. The molecular formula is C18H25N3O3. The van der Waals surface area contributed by atoms with Gasteiger partial charge in [-0.05, 0) is 18.4 Å². The second kappa shape index (κ2) is 6.81. The van der Waals surface area contributed by atoms with Crippen LogP contribution in [0.1, 0.15) is 30.7 Å². The number of nitrogens with two attached hydrogens (primary N) is 1. The Labute approximate surface area is 142 Å². The fraction of sp³-hybridized carbons (Fsp3) is 0.556. The van der Waals surface area contributed by atoms with Gasteiger partial charge in [0.2, 0.25) is 5.91 Å². The van der Waals surface area contributed by atoms with E-state index in [1.165, 1.54) is 5.56 Å². The molecule has 0 aliphatic carbocycles. The number of hydrogen-bond acceptors (Lipinski definition) is 3. The van der Waals surface area contributed by atoms with E-state index in [4.69, 9.17) is 10.5 Å². The highest BCUT2D eigenvalue weighted by molar-refractivity contribution is 5.82. The molecule has 0 saturated carbocycles. The maximum absolute atomic E-state index is 12.7. The van der Waals surface area contributed by atoms with E-state index in [1.54, 1.807) is 12.0 Å². The van der Waals surface area contributed by atoms with Crippen LogP contribution in [0.3, 0.4) is 0 Å². The molecule has 1 aromatic carbocycles. The zero-order valence-electron chi connectivity index (χ0n) is 14.1. The van der Waals surface area contributed by atoms with Gasteiger partial charge in [-0.25, -0.2) is 4.79 Å². The van der Waals surface area contributed by atoms with Crippen molar-refractivity contribution in [3.05, 3.63) is 35.9 Å². The third-order valence-corrected chi connectivity index (χ3v) is 5.53. The van der Waals surface area contributed by atoms with Gasteiger partial charge in [0.05, 0.1) is 12.1 Å². The van der Waals surface area contributed by atoms with E-state index in [9.17, 15) is 9.59 Å². The number of likely N-dealkylation sites (tertiary alicyclic amines) is 2. The zero-order valence-corrected chi connectivity index (χ0v) is 14.1. The molecule has 2 saturated heterocycles. The van der Waals surface area contributed by atoms with Crippen molar-refractivity contribution in [1.29, 1.82) is 0 Å². The second-order valence-corrected chi connectivity index (χ2v) is 6.63. The number of amides is 3. The number of rotatable bonds is 4. The number of primary amides is 1. The summed E-state index contributed by atoms with van der Waals surface area (Å²) in [6.07, 6.45) is 2.03. The average molecular weight is 331 g/mol. The Morgan fingerprint density at radius 3 is 2.54 bits per heavy atom. The highest BCUT2D eigenvalue weighted by Crippen LogP contribution is 2.48. The van der Waals surface area contributed by atoms with Crippen molar-refractivity contribution in [1.82, 2.24) is 9.80 Å². The van der Waals surface area contributed by atoms with Gasteiger partial charge in [-0.1, -0.05) is 30.3 Å². The summed E-state index contributed by atoms with van der Waals surface area (Å²) >= 11 is 0. The summed E-state index contributed by atoms with van der Waals surface area (Å²) in [5, 5.41) is 0. The quantitative estimate of drug-likeness (QED) is 0.910. The number of nitrogens with zero attached hydrogens (tertiary/aromatic N) is 2. The Morgan fingerprint density at radius 2 is 1.96 bits per heavy atom. The first-order valence-corrected chi connectivity index (χ1v) is 8.47. The van der Waals surface area contributed by atoms with Gasteiger partial charge in [0, 0.05) is 39.1 Å². The molecule has 2 aliphatic rings. The van der Waals surface area contributed by atoms with Crippen LogP contribution in [0.2, 0.25) is 0 Å². The standard InChI is InChI=1S/C18H25N3O3/c1-24-12-11-21-16(22)13-15(14-5-3-2-4-6-14)18(21)7-9-20(10-8-18)17(19)23/h2-6,15H,7-13H2,1H3,(H2,19,23)/t15-/m0/s1. The van der Waals surface area contributed by atoms with E-state index in [-0.39, 0.29) is 23.4 Å². The van der Waals surface area contributed by atoms with Crippen molar-refractivity contribution in [2.75, 3.05) is 33.4 Å². The van der Waals surface area contributed by atoms with Gasteiger partial charge >= 0.3 is 6.03 Å². The Balaban J connectivity index is 1.91. The molecule has 2 aliphatic heterocycles. The minimum absolute atomic E-state index is 0.151. The lowest BCUT2D eigenvalue weighted by Gasteiger charge is -2.47. The zero-order chi connectivity index (χ0) is 17.2. The van der Waals surface area contributed by atoms with Gasteiger partial charge in [0.1, 0.15) is 0 Å². The van der Waals surface area contributed by atoms with Gasteiger partial charge in [0.25, 0.3) is 0 Å². The predicted octanol–water partition coefficient (Wildman–Crippen LogP) is 1.56. The largest absolute Gasteiger partial charge is 0.383 e. The first-order valence-electron chi connectivity index (χ1n) is 8.47. The van der Waals surface area contributed by atoms with Gasteiger partial charge in [-0.15, -0.1) is 0 Å². The van der Waals surface area contributed by atoms with Crippen LogP contribution in [0.25, 0.3) is 0 Å². The van der Waals surface area contributed by atoms with E-state index in [0.717, 1.165) is 12.8 Å². The lowest BCUT2D eigenvalue weighted by Crippen LogP contribution is -2.57. The number of hydrogen-bond donors (Lipinski definition) is 1. The summed E-state index contributed by atoms with van der Waals surface area (Å²) < 4.78 is 5.21. The number of carbonyl (C=O) groups is 2. The molecule has 0 radical (unpaired) electrons. The Morgan fingerprint density at radius 1 is 1.29 bits per heavy atom.